The normalized spacial score (nSPS) is 13.2. The number of carbonyl (C=O) groups is 3. The van der Waals surface area contributed by atoms with E-state index in [1.807, 2.05) is 32.0 Å². The first kappa shape index (κ1) is 23.9. The van der Waals surface area contributed by atoms with E-state index in [4.69, 9.17) is 4.74 Å². The Morgan fingerprint density at radius 3 is 2.59 bits per heavy atom. The van der Waals surface area contributed by atoms with Crippen molar-refractivity contribution in [2.75, 3.05) is 30.3 Å². The number of amides is 2. The molecular weight excluding hydrogens is 428 g/mol. The molecule has 32 heavy (non-hydrogen) atoms. The molecule has 9 heteroatoms. The van der Waals surface area contributed by atoms with Crippen LogP contribution in [-0.4, -0.2) is 53.4 Å². The summed E-state index contributed by atoms with van der Waals surface area (Å²) in [7, 11) is 0. The van der Waals surface area contributed by atoms with Crippen molar-refractivity contribution in [3.8, 4) is 0 Å². The number of nitrogens with zero attached hydrogens (tertiary/aromatic N) is 2. The maximum Gasteiger partial charge on any atom is 0.350 e. The van der Waals surface area contributed by atoms with Gasteiger partial charge in [-0.15, -0.1) is 0 Å². The molecule has 0 spiro atoms. The van der Waals surface area contributed by atoms with Crippen LogP contribution in [0.4, 0.5) is 10.8 Å². The highest BCUT2D eigenvalue weighted by Crippen LogP contribution is 2.27. The van der Waals surface area contributed by atoms with E-state index in [0.717, 1.165) is 41.0 Å². The van der Waals surface area contributed by atoms with E-state index < -0.39 is 5.97 Å². The molecule has 1 aliphatic rings. The van der Waals surface area contributed by atoms with Gasteiger partial charge in [-0.25, -0.2) is 9.78 Å². The molecule has 0 unspecified atom stereocenters. The Morgan fingerprint density at radius 2 is 1.91 bits per heavy atom. The van der Waals surface area contributed by atoms with Crippen LogP contribution in [0, 0.1) is 20.8 Å². The lowest BCUT2D eigenvalue weighted by Gasteiger charge is -2.21. The average molecular weight is 459 g/mol. The fourth-order valence-electron chi connectivity index (χ4n) is 3.34. The smallest absolute Gasteiger partial charge is 0.350 e. The molecule has 3 rings (SSSR count). The molecule has 1 heterocycles. The van der Waals surface area contributed by atoms with Gasteiger partial charge in [-0.2, -0.15) is 0 Å². The standard InChI is InChI=1S/C23H30N4O4S/c1-5-31-22(30)21-16(4)24-23(32-21)26-19(28)10-11-27(17-8-9-17)13-20(29)25-18-12-14(2)6-7-15(18)3/h6-7,12,17H,5,8-11,13H2,1-4H3,(H,25,29)(H,24,26,28). The van der Waals surface area contributed by atoms with Crippen molar-refractivity contribution in [1.29, 1.82) is 0 Å². The number of benzene rings is 1. The van der Waals surface area contributed by atoms with Crippen LogP contribution in [0.5, 0.6) is 0 Å². The summed E-state index contributed by atoms with van der Waals surface area (Å²) >= 11 is 1.11. The molecule has 0 radical (unpaired) electrons. The van der Waals surface area contributed by atoms with Gasteiger partial charge in [0.25, 0.3) is 0 Å². The fraction of sp³-hybridized carbons (Fsp3) is 0.478. The van der Waals surface area contributed by atoms with E-state index in [0.29, 0.717) is 28.3 Å². The SMILES string of the molecule is CCOC(=O)c1sc(NC(=O)CCN(CC(=O)Nc2cc(C)ccc2C)C2CC2)nc1C. The molecule has 1 aromatic heterocycles. The highest BCUT2D eigenvalue weighted by Gasteiger charge is 2.30. The lowest BCUT2D eigenvalue weighted by atomic mass is 10.1. The third kappa shape index (κ3) is 6.61. The van der Waals surface area contributed by atoms with E-state index in [-0.39, 0.29) is 31.4 Å². The topological polar surface area (TPSA) is 101 Å². The number of esters is 1. The minimum Gasteiger partial charge on any atom is -0.462 e. The highest BCUT2D eigenvalue weighted by atomic mass is 32.1. The van der Waals surface area contributed by atoms with Gasteiger partial charge in [0.05, 0.1) is 18.8 Å². The van der Waals surface area contributed by atoms with Gasteiger partial charge < -0.3 is 15.4 Å². The number of carbonyl (C=O) groups excluding carboxylic acids is 3. The second-order valence-electron chi connectivity index (χ2n) is 8.02. The molecule has 0 aliphatic heterocycles. The van der Waals surface area contributed by atoms with Gasteiger partial charge in [-0.3, -0.25) is 14.5 Å². The zero-order valence-electron chi connectivity index (χ0n) is 19.0. The minimum atomic E-state index is -0.433. The van der Waals surface area contributed by atoms with Crippen molar-refractivity contribution >= 4 is 39.9 Å². The molecular formula is C23H30N4O4S. The third-order valence-corrected chi connectivity index (χ3v) is 6.26. The summed E-state index contributed by atoms with van der Waals surface area (Å²) < 4.78 is 5.01. The third-order valence-electron chi connectivity index (χ3n) is 5.21. The summed E-state index contributed by atoms with van der Waals surface area (Å²) in [5.74, 6) is -0.715. The monoisotopic (exact) mass is 458 g/mol. The molecule has 1 fully saturated rings. The van der Waals surface area contributed by atoms with Gasteiger partial charge in [0.2, 0.25) is 11.8 Å². The van der Waals surface area contributed by atoms with Gasteiger partial charge in [0.15, 0.2) is 5.13 Å². The average Bonchev–Trinajstić information content (AvgIpc) is 3.51. The molecule has 1 aromatic carbocycles. The number of anilines is 2. The summed E-state index contributed by atoms with van der Waals surface area (Å²) in [6, 6.07) is 6.30. The summed E-state index contributed by atoms with van der Waals surface area (Å²) in [5, 5.41) is 6.12. The number of aromatic nitrogens is 1. The molecule has 2 amide bonds. The van der Waals surface area contributed by atoms with Crippen LogP contribution >= 0.6 is 11.3 Å². The van der Waals surface area contributed by atoms with Crippen LogP contribution in [0.25, 0.3) is 0 Å². The molecule has 2 N–H and O–H groups in total. The zero-order chi connectivity index (χ0) is 23.3. The van der Waals surface area contributed by atoms with Crippen molar-refractivity contribution in [3.63, 3.8) is 0 Å². The first-order valence-corrected chi connectivity index (χ1v) is 11.6. The number of hydrogen-bond acceptors (Lipinski definition) is 7. The van der Waals surface area contributed by atoms with Gasteiger partial charge >= 0.3 is 5.97 Å². The van der Waals surface area contributed by atoms with Gasteiger partial charge in [0, 0.05) is 24.7 Å². The first-order chi connectivity index (χ1) is 15.3. The lowest BCUT2D eigenvalue weighted by molar-refractivity contribution is -0.119. The number of hydrogen-bond donors (Lipinski definition) is 2. The van der Waals surface area contributed by atoms with E-state index in [9.17, 15) is 14.4 Å². The number of thiazole rings is 1. The van der Waals surface area contributed by atoms with Crippen molar-refractivity contribution in [1.82, 2.24) is 9.88 Å². The fourth-order valence-corrected chi connectivity index (χ4v) is 4.21. The summed E-state index contributed by atoms with van der Waals surface area (Å²) in [4.78, 5) is 43.7. The lowest BCUT2D eigenvalue weighted by Crippen LogP contribution is -2.37. The van der Waals surface area contributed by atoms with Crippen molar-refractivity contribution in [2.45, 2.75) is 53.0 Å². The van der Waals surface area contributed by atoms with Crippen LogP contribution in [0.2, 0.25) is 0 Å². The highest BCUT2D eigenvalue weighted by molar-refractivity contribution is 7.17. The number of nitrogens with one attached hydrogen (secondary N) is 2. The van der Waals surface area contributed by atoms with Crippen LogP contribution in [-0.2, 0) is 14.3 Å². The minimum absolute atomic E-state index is 0.0827. The molecule has 0 bridgehead atoms. The number of ether oxygens (including phenoxy) is 1. The molecule has 0 saturated heterocycles. The molecule has 172 valence electrons. The molecule has 2 aromatic rings. The molecule has 1 saturated carbocycles. The van der Waals surface area contributed by atoms with Crippen LogP contribution in [0.3, 0.4) is 0 Å². The Labute approximate surface area is 192 Å². The summed E-state index contributed by atoms with van der Waals surface area (Å²) in [6.45, 7) is 8.41. The molecule has 8 nitrogen and oxygen atoms in total. The maximum atomic E-state index is 12.6. The van der Waals surface area contributed by atoms with E-state index in [2.05, 4.69) is 20.5 Å². The second-order valence-corrected chi connectivity index (χ2v) is 9.02. The van der Waals surface area contributed by atoms with E-state index in [1.165, 1.54) is 0 Å². The summed E-state index contributed by atoms with van der Waals surface area (Å²) in [6.07, 6.45) is 2.31. The first-order valence-electron chi connectivity index (χ1n) is 10.8. The molecule has 0 atom stereocenters. The van der Waals surface area contributed by atoms with Crippen LogP contribution < -0.4 is 10.6 Å². The molecule has 1 aliphatic carbocycles. The Bertz CT molecular complexity index is 1000. The Morgan fingerprint density at radius 1 is 1.16 bits per heavy atom. The van der Waals surface area contributed by atoms with Gasteiger partial charge in [-0.05, 0) is 57.7 Å². The van der Waals surface area contributed by atoms with Crippen molar-refractivity contribution in [3.05, 3.63) is 39.9 Å². The Kier molecular flexibility index (Phi) is 7.98. The van der Waals surface area contributed by atoms with E-state index in [1.54, 1.807) is 13.8 Å². The number of aryl methyl sites for hydroxylation is 3. The predicted molar refractivity (Wildman–Crippen MR) is 125 cm³/mol. The predicted octanol–water partition coefficient (Wildman–Crippen LogP) is 3.68. The van der Waals surface area contributed by atoms with Crippen molar-refractivity contribution < 1.29 is 19.1 Å². The largest absolute Gasteiger partial charge is 0.462 e. The zero-order valence-corrected chi connectivity index (χ0v) is 19.8. The quantitative estimate of drug-likeness (QED) is 0.527. The van der Waals surface area contributed by atoms with E-state index >= 15 is 0 Å². The van der Waals surface area contributed by atoms with Crippen LogP contribution in [0.15, 0.2) is 18.2 Å². The van der Waals surface area contributed by atoms with Crippen LogP contribution in [0.1, 0.15) is 52.7 Å². The van der Waals surface area contributed by atoms with Gasteiger partial charge in [-0.1, -0.05) is 23.5 Å². The van der Waals surface area contributed by atoms with Crippen molar-refractivity contribution in [2.24, 2.45) is 0 Å². The Hall–Kier alpha value is -2.78. The van der Waals surface area contributed by atoms with Gasteiger partial charge in [0.1, 0.15) is 4.88 Å². The maximum absolute atomic E-state index is 12.6. The Balaban J connectivity index is 1.52. The summed E-state index contributed by atoms with van der Waals surface area (Å²) in [5.41, 5.74) is 3.46. The second kappa shape index (κ2) is 10.7. The number of rotatable bonds is 10.